The summed E-state index contributed by atoms with van der Waals surface area (Å²) >= 11 is 0. The second kappa shape index (κ2) is 14.5. The molecule has 0 fully saturated rings. The van der Waals surface area contributed by atoms with E-state index in [9.17, 15) is 0 Å². The molecule has 0 saturated heterocycles. The third kappa shape index (κ3) is 5.59. The van der Waals surface area contributed by atoms with E-state index in [1.165, 1.54) is 33.4 Å². The minimum Gasteiger partial charge on any atom is -0.455 e. The first-order valence-electron chi connectivity index (χ1n) is 21.2. The normalized spacial score (nSPS) is 12.6. The van der Waals surface area contributed by atoms with Gasteiger partial charge in [-0.15, -0.1) is 0 Å². The number of fused-ring (bicyclic) bond motifs is 6. The van der Waals surface area contributed by atoms with E-state index in [0.29, 0.717) is 5.82 Å². The Balaban J connectivity index is 1.04. The smallest absolute Gasteiger partial charge is 0.160 e. The molecule has 3 heteroatoms. The summed E-state index contributed by atoms with van der Waals surface area (Å²) in [6.45, 7) is 0. The SMILES string of the molecule is c1ccc(-c2nc(-c3ccc(-c4cccc5c4oc4ccccc45)cc3)cc(-c3ccccc3-c3ccccc3C3(c4ccccc4)c4ccccc4-c4ccccc43)n2)cc1. The zero-order valence-corrected chi connectivity index (χ0v) is 33.7. The Bertz CT molecular complexity index is 3410. The lowest BCUT2D eigenvalue weighted by molar-refractivity contribution is 0.670. The van der Waals surface area contributed by atoms with E-state index >= 15 is 0 Å². The Morgan fingerprint density at radius 1 is 0.323 bits per heavy atom. The molecule has 1 aliphatic carbocycles. The van der Waals surface area contributed by atoms with Crippen molar-refractivity contribution >= 4 is 21.9 Å². The summed E-state index contributed by atoms with van der Waals surface area (Å²) in [5, 5.41) is 2.24. The summed E-state index contributed by atoms with van der Waals surface area (Å²) in [6, 6.07) is 82.2. The van der Waals surface area contributed by atoms with Crippen molar-refractivity contribution < 1.29 is 4.42 Å². The van der Waals surface area contributed by atoms with E-state index in [0.717, 1.165) is 72.3 Å². The van der Waals surface area contributed by atoms with E-state index in [1.807, 2.05) is 30.3 Å². The zero-order valence-electron chi connectivity index (χ0n) is 33.7. The van der Waals surface area contributed by atoms with Crippen LogP contribution in [0.25, 0.3) is 89.2 Å². The number of hydrogen-bond donors (Lipinski definition) is 0. The van der Waals surface area contributed by atoms with Crippen LogP contribution in [-0.2, 0) is 5.41 Å². The standard InChI is InChI=1S/C59H38N2O/c1-3-18-41(19-4-1)58-60-54(40-36-34-39(35-37-40)43-28-17-29-50-49-27-12-16-33-56(49)62-57(43)50)38-55(61-58)48-26-8-7-22-44(48)45-23-9-13-30-51(45)59(42-20-5-2-6-21-42)52-31-14-10-24-46(52)47-25-11-15-32-53(47)59/h1-38H. The molecule has 0 bridgehead atoms. The van der Waals surface area contributed by atoms with Gasteiger partial charge in [-0.2, -0.15) is 0 Å². The molecule has 62 heavy (non-hydrogen) atoms. The Hall–Kier alpha value is -8.14. The lowest BCUT2D eigenvalue weighted by Gasteiger charge is -2.35. The first-order chi connectivity index (χ1) is 30.8. The molecule has 0 radical (unpaired) electrons. The molecular formula is C59H38N2O. The quantitative estimate of drug-likeness (QED) is 0.161. The van der Waals surface area contributed by atoms with Gasteiger partial charge in [0.15, 0.2) is 5.82 Å². The molecule has 0 unspecified atom stereocenters. The molecular weight excluding hydrogens is 753 g/mol. The van der Waals surface area contributed by atoms with Crippen LogP contribution < -0.4 is 0 Å². The number of hydrogen-bond acceptors (Lipinski definition) is 3. The molecule has 0 amide bonds. The molecule has 290 valence electrons. The summed E-state index contributed by atoms with van der Waals surface area (Å²) in [5.41, 5.74) is 17.9. The third-order valence-electron chi connectivity index (χ3n) is 12.6. The second-order valence-electron chi connectivity index (χ2n) is 16.0. The van der Waals surface area contributed by atoms with Crippen LogP contribution in [0.4, 0.5) is 0 Å². The van der Waals surface area contributed by atoms with Gasteiger partial charge in [0.05, 0.1) is 16.8 Å². The molecule has 9 aromatic carbocycles. The van der Waals surface area contributed by atoms with Crippen molar-refractivity contribution in [2.24, 2.45) is 0 Å². The van der Waals surface area contributed by atoms with Gasteiger partial charge in [0.25, 0.3) is 0 Å². The second-order valence-corrected chi connectivity index (χ2v) is 16.0. The van der Waals surface area contributed by atoms with E-state index in [4.69, 9.17) is 14.4 Å². The lowest BCUT2D eigenvalue weighted by Crippen LogP contribution is -2.29. The topological polar surface area (TPSA) is 38.9 Å². The van der Waals surface area contributed by atoms with Gasteiger partial charge < -0.3 is 4.42 Å². The summed E-state index contributed by atoms with van der Waals surface area (Å²) < 4.78 is 6.42. The van der Waals surface area contributed by atoms with Gasteiger partial charge >= 0.3 is 0 Å². The molecule has 0 aliphatic heterocycles. The molecule has 3 nitrogen and oxygen atoms in total. The number of benzene rings is 9. The first kappa shape index (κ1) is 35.8. The molecule has 2 aromatic heterocycles. The van der Waals surface area contributed by atoms with Gasteiger partial charge in [0.1, 0.15) is 11.2 Å². The highest BCUT2D eigenvalue weighted by atomic mass is 16.3. The molecule has 0 spiro atoms. The summed E-state index contributed by atoms with van der Waals surface area (Å²) in [7, 11) is 0. The van der Waals surface area contributed by atoms with Gasteiger partial charge in [0, 0.05) is 33.0 Å². The zero-order chi connectivity index (χ0) is 41.0. The molecule has 11 aromatic rings. The monoisotopic (exact) mass is 790 g/mol. The van der Waals surface area contributed by atoms with E-state index in [-0.39, 0.29) is 0 Å². The van der Waals surface area contributed by atoms with Crippen molar-refractivity contribution in [3.8, 4) is 67.3 Å². The van der Waals surface area contributed by atoms with Crippen molar-refractivity contribution in [1.29, 1.82) is 0 Å². The third-order valence-corrected chi connectivity index (χ3v) is 12.6. The minimum absolute atomic E-state index is 0.557. The summed E-state index contributed by atoms with van der Waals surface area (Å²) in [4.78, 5) is 10.6. The van der Waals surface area contributed by atoms with E-state index in [1.54, 1.807) is 0 Å². The van der Waals surface area contributed by atoms with Crippen LogP contribution in [0.5, 0.6) is 0 Å². The highest BCUT2D eigenvalue weighted by molar-refractivity contribution is 6.09. The molecule has 0 saturated carbocycles. The first-order valence-corrected chi connectivity index (χ1v) is 21.2. The maximum Gasteiger partial charge on any atom is 0.160 e. The van der Waals surface area contributed by atoms with Crippen LogP contribution in [0.3, 0.4) is 0 Å². The van der Waals surface area contributed by atoms with Gasteiger partial charge in [-0.25, -0.2) is 9.97 Å². The predicted molar refractivity (Wildman–Crippen MR) is 254 cm³/mol. The average molecular weight is 791 g/mol. The molecule has 12 rings (SSSR count). The summed E-state index contributed by atoms with van der Waals surface area (Å²) in [5.74, 6) is 0.678. The number of rotatable bonds is 7. The van der Waals surface area contributed by atoms with Crippen LogP contribution in [0.2, 0.25) is 0 Å². The van der Waals surface area contributed by atoms with Crippen molar-refractivity contribution in [2.75, 3.05) is 0 Å². The van der Waals surface area contributed by atoms with Crippen LogP contribution in [0.15, 0.2) is 235 Å². The fourth-order valence-corrected chi connectivity index (χ4v) is 9.91. The Morgan fingerprint density at radius 2 is 0.806 bits per heavy atom. The van der Waals surface area contributed by atoms with Gasteiger partial charge in [-0.3, -0.25) is 0 Å². The fourth-order valence-electron chi connectivity index (χ4n) is 9.91. The number of para-hydroxylation sites is 2. The van der Waals surface area contributed by atoms with Crippen molar-refractivity contribution in [3.05, 3.63) is 253 Å². The van der Waals surface area contributed by atoms with Crippen LogP contribution >= 0.6 is 0 Å². The molecule has 2 heterocycles. The van der Waals surface area contributed by atoms with E-state index in [2.05, 4.69) is 200 Å². The summed E-state index contributed by atoms with van der Waals surface area (Å²) in [6.07, 6.45) is 0. The van der Waals surface area contributed by atoms with Crippen LogP contribution in [0.1, 0.15) is 22.3 Å². The molecule has 0 N–H and O–H groups in total. The Morgan fingerprint density at radius 3 is 1.48 bits per heavy atom. The van der Waals surface area contributed by atoms with Crippen LogP contribution in [-0.4, -0.2) is 9.97 Å². The van der Waals surface area contributed by atoms with Crippen molar-refractivity contribution in [1.82, 2.24) is 9.97 Å². The number of nitrogens with zero attached hydrogens (tertiary/aromatic N) is 2. The predicted octanol–water partition coefficient (Wildman–Crippen LogP) is 15.1. The Kier molecular flexibility index (Phi) is 8.39. The van der Waals surface area contributed by atoms with Gasteiger partial charge in [0.2, 0.25) is 0 Å². The van der Waals surface area contributed by atoms with Crippen molar-refractivity contribution in [3.63, 3.8) is 0 Å². The van der Waals surface area contributed by atoms with E-state index < -0.39 is 5.41 Å². The Labute approximate surface area is 360 Å². The number of furan rings is 1. The highest BCUT2D eigenvalue weighted by Crippen LogP contribution is 2.58. The van der Waals surface area contributed by atoms with Crippen molar-refractivity contribution in [2.45, 2.75) is 5.41 Å². The van der Waals surface area contributed by atoms with Crippen LogP contribution in [0, 0.1) is 0 Å². The van der Waals surface area contributed by atoms with Gasteiger partial charge in [-0.05, 0) is 62.2 Å². The maximum absolute atomic E-state index is 6.42. The minimum atomic E-state index is -0.557. The molecule has 1 aliphatic rings. The maximum atomic E-state index is 6.42. The molecule has 0 atom stereocenters. The van der Waals surface area contributed by atoms with Gasteiger partial charge in [-0.1, -0.05) is 218 Å². The lowest BCUT2D eigenvalue weighted by atomic mass is 9.65. The fraction of sp³-hybridized carbons (Fsp3) is 0.0169. The largest absolute Gasteiger partial charge is 0.455 e. The average Bonchev–Trinajstić information content (AvgIpc) is 3.89. The highest BCUT2D eigenvalue weighted by Gasteiger charge is 2.47. The number of aromatic nitrogens is 2.